The first-order valence-electron chi connectivity index (χ1n) is 9.04. The Balaban J connectivity index is 1.61. The topological polar surface area (TPSA) is 60.5 Å². The highest BCUT2D eigenvalue weighted by Gasteiger charge is 2.11. The van der Waals surface area contributed by atoms with Crippen molar-refractivity contribution < 1.29 is 14.3 Å². The molecule has 0 saturated carbocycles. The van der Waals surface area contributed by atoms with Gasteiger partial charge in [-0.05, 0) is 49.6 Å². The van der Waals surface area contributed by atoms with Crippen LogP contribution in [-0.2, 0) is 11.2 Å². The standard InChI is InChI=1S/C22H24N2O3S/c1-14-5-6-15(2)17(11-14)18-13-28-22(23-18)24-21(25)10-8-16-7-9-19(26-3)20(12-16)27-4/h5-7,9,11-13H,8,10H2,1-4H3,(H,23,24,25). The molecule has 0 saturated heterocycles. The van der Waals surface area contributed by atoms with Crippen LogP contribution in [0.1, 0.15) is 23.1 Å². The lowest BCUT2D eigenvalue weighted by Gasteiger charge is -2.09. The fourth-order valence-corrected chi connectivity index (χ4v) is 3.67. The van der Waals surface area contributed by atoms with Gasteiger partial charge in [0.1, 0.15) is 0 Å². The van der Waals surface area contributed by atoms with Crippen LogP contribution in [0.3, 0.4) is 0 Å². The fraction of sp³-hybridized carbons (Fsp3) is 0.273. The van der Waals surface area contributed by atoms with E-state index < -0.39 is 0 Å². The van der Waals surface area contributed by atoms with E-state index in [2.05, 4.69) is 42.3 Å². The van der Waals surface area contributed by atoms with Gasteiger partial charge in [0.05, 0.1) is 19.9 Å². The highest BCUT2D eigenvalue weighted by Crippen LogP contribution is 2.29. The number of nitrogens with one attached hydrogen (secondary N) is 1. The number of amides is 1. The van der Waals surface area contributed by atoms with E-state index >= 15 is 0 Å². The van der Waals surface area contributed by atoms with Gasteiger partial charge in [0, 0.05) is 17.4 Å². The van der Waals surface area contributed by atoms with Crippen LogP contribution in [0.15, 0.2) is 41.8 Å². The van der Waals surface area contributed by atoms with Gasteiger partial charge in [-0.25, -0.2) is 4.98 Å². The number of carbonyl (C=O) groups excluding carboxylic acids is 1. The zero-order valence-electron chi connectivity index (χ0n) is 16.5. The number of ether oxygens (including phenoxy) is 2. The molecular formula is C22H24N2O3S. The second-order valence-corrected chi connectivity index (χ2v) is 7.45. The van der Waals surface area contributed by atoms with Crippen molar-refractivity contribution in [1.29, 1.82) is 0 Å². The molecule has 6 heteroatoms. The molecule has 0 atom stereocenters. The number of nitrogens with zero attached hydrogens (tertiary/aromatic N) is 1. The lowest BCUT2D eigenvalue weighted by atomic mass is 10.0. The van der Waals surface area contributed by atoms with Gasteiger partial charge in [-0.15, -0.1) is 11.3 Å². The summed E-state index contributed by atoms with van der Waals surface area (Å²) in [5.41, 5.74) is 5.36. The highest BCUT2D eigenvalue weighted by atomic mass is 32.1. The summed E-state index contributed by atoms with van der Waals surface area (Å²) in [5.74, 6) is 1.28. The minimum atomic E-state index is -0.0587. The maximum absolute atomic E-state index is 12.3. The lowest BCUT2D eigenvalue weighted by molar-refractivity contribution is -0.116. The maximum Gasteiger partial charge on any atom is 0.226 e. The first-order chi connectivity index (χ1) is 13.5. The Morgan fingerprint density at radius 3 is 2.61 bits per heavy atom. The minimum absolute atomic E-state index is 0.0587. The number of rotatable bonds is 7. The van der Waals surface area contributed by atoms with Crippen molar-refractivity contribution in [2.45, 2.75) is 26.7 Å². The second kappa shape index (κ2) is 8.89. The predicted octanol–water partition coefficient (Wildman–Crippen LogP) is 5.02. The molecule has 1 amide bonds. The van der Waals surface area contributed by atoms with E-state index in [1.54, 1.807) is 14.2 Å². The Bertz CT molecular complexity index is 982. The summed E-state index contributed by atoms with van der Waals surface area (Å²) in [7, 11) is 3.20. The van der Waals surface area contributed by atoms with Crippen molar-refractivity contribution in [2.75, 3.05) is 19.5 Å². The molecule has 28 heavy (non-hydrogen) atoms. The third kappa shape index (κ3) is 4.70. The smallest absolute Gasteiger partial charge is 0.226 e. The maximum atomic E-state index is 12.3. The SMILES string of the molecule is COc1ccc(CCC(=O)Nc2nc(-c3cc(C)ccc3C)cs2)cc1OC. The molecule has 5 nitrogen and oxygen atoms in total. The zero-order chi connectivity index (χ0) is 20.1. The normalized spacial score (nSPS) is 10.6. The number of aryl methyl sites for hydroxylation is 3. The Labute approximate surface area is 169 Å². The average Bonchev–Trinajstić information content (AvgIpc) is 3.16. The van der Waals surface area contributed by atoms with Gasteiger partial charge in [-0.3, -0.25) is 4.79 Å². The van der Waals surface area contributed by atoms with Crippen molar-refractivity contribution >= 4 is 22.4 Å². The molecule has 2 aromatic carbocycles. The van der Waals surface area contributed by atoms with E-state index in [4.69, 9.17) is 9.47 Å². The Morgan fingerprint density at radius 1 is 1.07 bits per heavy atom. The summed E-state index contributed by atoms with van der Waals surface area (Å²) in [4.78, 5) is 16.9. The Kier molecular flexibility index (Phi) is 6.31. The van der Waals surface area contributed by atoms with Gasteiger partial charge in [0.2, 0.25) is 5.91 Å². The monoisotopic (exact) mass is 396 g/mol. The Hall–Kier alpha value is -2.86. The molecule has 3 aromatic rings. The number of thiazole rings is 1. The highest BCUT2D eigenvalue weighted by molar-refractivity contribution is 7.14. The molecule has 0 unspecified atom stereocenters. The van der Waals surface area contributed by atoms with Crippen LogP contribution in [0.2, 0.25) is 0 Å². The summed E-state index contributed by atoms with van der Waals surface area (Å²) in [6.07, 6.45) is 0.981. The van der Waals surface area contributed by atoms with Crippen LogP contribution >= 0.6 is 11.3 Å². The third-order valence-corrected chi connectivity index (χ3v) is 5.27. The number of aromatic nitrogens is 1. The molecule has 0 spiro atoms. The third-order valence-electron chi connectivity index (χ3n) is 4.51. The number of benzene rings is 2. The van der Waals surface area contributed by atoms with Crippen LogP contribution in [0.25, 0.3) is 11.3 Å². The van der Waals surface area contributed by atoms with E-state index in [1.807, 2.05) is 23.6 Å². The fourth-order valence-electron chi connectivity index (χ4n) is 2.94. The van der Waals surface area contributed by atoms with Crippen molar-refractivity contribution in [3.63, 3.8) is 0 Å². The van der Waals surface area contributed by atoms with E-state index in [1.165, 1.54) is 22.5 Å². The number of hydrogen-bond acceptors (Lipinski definition) is 5. The molecule has 1 N–H and O–H groups in total. The van der Waals surface area contributed by atoms with Crippen molar-refractivity contribution in [3.05, 3.63) is 58.5 Å². The van der Waals surface area contributed by atoms with Crippen LogP contribution in [0.5, 0.6) is 11.5 Å². The quantitative estimate of drug-likeness (QED) is 0.609. The van der Waals surface area contributed by atoms with Crippen molar-refractivity contribution in [3.8, 4) is 22.8 Å². The number of carbonyl (C=O) groups is 1. The molecule has 1 aromatic heterocycles. The largest absolute Gasteiger partial charge is 0.493 e. The van der Waals surface area contributed by atoms with Gasteiger partial charge in [-0.2, -0.15) is 0 Å². The Morgan fingerprint density at radius 2 is 1.86 bits per heavy atom. The van der Waals surface area contributed by atoms with E-state index in [-0.39, 0.29) is 5.91 Å². The van der Waals surface area contributed by atoms with Crippen LogP contribution in [0, 0.1) is 13.8 Å². The van der Waals surface area contributed by atoms with Gasteiger partial charge in [0.15, 0.2) is 16.6 Å². The van der Waals surface area contributed by atoms with Gasteiger partial charge >= 0.3 is 0 Å². The predicted molar refractivity (Wildman–Crippen MR) is 114 cm³/mol. The summed E-state index contributed by atoms with van der Waals surface area (Å²) in [6.45, 7) is 4.13. The summed E-state index contributed by atoms with van der Waals surface area (Å²) < 4.78 is 10.5. The van der Waals surface area contributed by atoms with E-state index in [0.29, 0.717) is 29.5 Å². The van der Waals surface area contributed by atoms with Crippen LogP contribution in [0.4, 0.5) is 5.13 Å². The number of anilines is 1. The minimum Gasteiger partial charge on any atom is -0.493 e. The van der Waals surface area contributed by atoms with E-state index in [9.17, 15) is 4.79 Å². The van der Waals surface area contributed by atoms with Crippen LogP contribution in [-0.4, -0.2) is 25.1 Å². The molecule has 146 valence electrons. The number of hydrogen-bond donors (Lipinski definition) is 1. The van der Waals surface area contributed by atoms with Gasteiger partial charge in [0.25, 0.3) is 0 Å². The molecule has 0 radical (unpaired) electrons. The molecular weight excluding hydrogens is 372 g/mol. The summed E-state index contributed by atoms with van der Waals surface area (Å²) in [5, 5.41) is 5.50. The van der Waals surface area contributed by atoms with Crippen molar-refractivity contribution in [2.24, 2.45) is 0 Å². The average molecular weight is 397 g/mol. The zero-order valence-corrected chi connectivity index (χ0v) is 17.4. The lowest BCUT2D eigenvalue weighted by Crippen LogP contribution is -2.12. The van der Waals surface area contributed by atoms with Gasteiger partial charge in [-0.1, -0.05) is 23.8 Å². The van der Waals surface area contributed by atoms with Gasteiger partial charge < -0.3 is 14.8 Å². The molecule has 0 fully saturated rings. The molecule has 0 bridgehead atoms. The molecule has 1 heterocycles. The molecule has 0 aliphatic rings. The molecule has 0 aliphatic heterocycles. The van der Waals surface area contributed by atoms with Crippen molar-refractivity contribution in [1.82, 2.24) is 4.98 Å². The molecule has 0 aliphatic carbocycles. The summed E-state index contributed by atoms with van der Waals surface area (Å²) >= 11 is 1.44. The first-order valence-corrected chi connectivity index (χ1v) is 9.92. The molecule has 3 rings (SSSR count). The van der Waals surface area contributed by atoms with Crippen LogP contribution < -0.4 is 14.8 Å². The van der Waals surface area contributed by atoms with E-state index in [0.717, 1.165) is 16.8 Å². The summed E-state index contributed by atoms with van der Waals surface area (Å²) in [6, 6.07) is 12.0. The second-order valence-electron chi connectivity index (χ2n) is 6.59. The first kappa shape index (κ1) is 19.9. The number of methoxy groups -OCH3 is 2.